The molecule has 0 bridgehead atoms. The summed E-state index contributed by atoms with van der Waals surface area (Å²) >= 11 is 0. The Hall–Kier alpha value is -1.85. The van der Waals surface area contributed by atoms with E-state index < -0.39 is 17.2 Å². The van der Waals surface area contributed by atoms with E-state index in [-0.39, 0.29) is 5.91 Å². The second-order valence-corrected chi connectivity index (χ2v) is 8.51. The van der Waals surface area contributed by atoms with E-state index in [9.17, 15) is 14.9 Å². The molecule has 3 aliphatic rings. The average Bonchev–Trinajstić information content (AvgIpc) is 2.76. The van der Waals surface area contributed by atoms with Crippen LogP contribution in [0.5, 0.6) is 0 Å². The molecule has 162 valence electrons. The van der Waals surface area contributed by atoms with E-state index in [2.05, 4.69) is 23.2 Å². The van der Waals surface area contributed by atoms with Crippen molar-refractivity contribution in [2.45, 2.75) is 69.4 Å². The molecule has 0 radical (unpaired) electrons. The van der Waals surface area contributed by atoms with Crippen molar-refractivity contribution in [3.63, 3.8) is 0 Å². The fraction of sp³-hybridized carbons (Fsp3) is 0.857. The Bertz CT molecular complexity index is 613. The number of morpholine rings is 1. The Morgan fingerprint density at radius 2 is 1.72 bits per heavy atom. The second kappa shape index (κ2) is 9.77. The lowest BCUT2D eigenvalue weighted by Crippen LogP contribution is -2.61. The van der Waals surface area contributed by atoms with Gasteiger partial charge in [-0.2, -0.15) is 5.26 Å². The molecule has 1 N–H and O–H groups in total. The van der Waals surface area contributed by atoms with Gasteiger partial charge in [-0.15, -0.1) is 0 Å². The van der Waals surface area contributed by atoms with Crippen LogP contribution in [-0.4, -0.2) is 78.9 Å². The number of likely N-dealkylation sites (tertiary alicyclic amines) is 1. The normalized spacial score (nSPS) is 24.3. The van der Waals surface area contributed by atoms with Gasteiger partial charge in [-0.25, -0.2) is 4.79 Å². The molecule has 0 aromatic carbocycles. The average molecular weight is 407 g/mol. The summed E-state index contributed by atoms with van der Waals surface area (Å²) in [7, 11) is 0. The molecule has 8 nitrogen and oxygen atoms in total. The van der Waals surface area contributed by atoms with Gasteiger partial charge in [0.15, 0.2) is 5.60 Å². The third-order valence-corrected chi connectivity index (χ3v) is 6.44. The van der Waals surface area contributed by atoms with Crippen molar-refractivity contribution in [3.05, 3.63) is 0 Å². The van der Waals surface area contributed by atoms with Gasteiger partial charge in [0.05, 0.1) is 19.3 Å². The van der Waals surface area contributed by atoms with Gasteiger partial charge in [-0.05, 0) is 51.5 Å². The maximum Gasteiger partial charge on any atom is 0.410 e. The monoisotopic (exact) mass is 406 g/mol. The zero-order chi connectivity index (χ0) is 20.7. The van der Waals surface area contributed by atoms with E-state index in [0.29, 0.717) is 52.0 Å². The van der Waals surface area contributed by atoms with Gasteiger partial charge in [0, 0.05) is 26.2 Å². The van der Waals surface area contributed by atoms with Crippen LogP contribution in [0.2, 0.25) is 0 Å². The molecule has 8 heteroatoms. The van der Waals surface area contributed by atoms with Crippen LogP contribution in [-0.2, 0) is 14.3 Å². The van der Waals surface area contributed by atoms with Crippen LogP contribution in [0.25, 0.3) is 0 Å². The number of hydrogen-bond donors (Lipinski definition) is 1. The van der Waals surface area contributed by atoms with Gasteiger partial charge in [-0.3, -0.25) is 4.79 Å². The molecular formula is C21H34N4O4. The number of nitrogens with zero attached hydrogens (tertiary/aromatic N) is 3. The summed E-state index contributed by atoms with van der Waals surface area (Å²) in [6, 6.07) is 2.36. The molecule has 29 heavy (non-hydrogen) atoms. The summed E-state index contributed by atoms with van der Waals surface area (Å²) in [5.41, 5.74) is -2.05. The molecule has 1 saturated carbocycles. The van der Waals surface area contributed by atoms with E-state index in [1.54, 1.807) is 4.90 Å². The summed E-state index contributed by atoms with van der Waals surface area (Å²) < 4.78 is 11.2. The van der Waals surface area contributed by atoms with Gasteiger partial charge in [-0.1, -0.05) is 13.3 Å². The largest absolute Gasteiger partial charge is 0.433 e. The highest BCUT2D eigenvalue weighted by atomic mass is 16.6. The third kappa shape index (κ3) is 5.20. The van der Waals surface area contributed by atoms with Crippen LogP contribution in [0, 0.1) is 11.3 Å². The van der Waals surface area contributed by atoms with Crippen molar-refractivity contribution >= 4 is 12.0 Å². The van der Waals surface area contributed by atoms with Crippen LogP contribution < -0.4 is 5.32 Å². The van der Waals surface area contributed by atoms with E-state index in [1.807, 2.05) is 0 Å². The Labute approximate surface area is 173 Å². The highest BCUT2D eigenvalue weighted by Gasteiger charge is 2.48. The van der Waals surface area contributed by atoms with E-state index in [0.717, 1.165) is 45.3 Å². The molecule has 2 aliphatic heterocycles. The first-order valence-electron chi connectivity index (χ1n) is 11.0. The predicted octanol–water partition coefficient (Wildman–Crippen LogP) is 2.04. The first-order valence-corrected chi connectivity index (χ1v) is 11.0. The number of piperidine rings is 1. The molecular weight excluding hydrogens is 372 g/mol. The van der Waals surface area contributed by atoms with Crippen LogP contribution in [0.3, 0.4) is 0 Å². The van der Waals surface area contributed by atoms with Gasteiger partial charge < -0.3 is 24.6 Å². The number of ether oxygens (including phenoxy) is 2. The molecule has 1 aliphatic carbocycles. The van der Waals surface area contributed by atoms with Crippen molar-refractivity contribution in [2.24, 2.45) is 0 Å². The summed E-state index contributed by atoms with van der Waals surface area (Å²) in [6.07, 6.45) is 5.56. The van der Waals surface area contributed by atoms with E-state index >= 15 is 0 Å². The predicted molar refractivity (Wildman–Crippen MR) is 107 cm³/mol. The van der Waals surface area contributed by atoms with Gasteiger partial charge in [0.25, 0.3) is 5.91 Å². The molecule has 0 atom stereocenters. The molecule has 0 aromatic rings. The molecule has 2 saturated heterocycles. The lowest BCUT2D eigenvalue weighted by atomic mass is 9.81. The number of hydrogen-bond acceptors (Lipinski definition) is 6. The molecule has 2 heterocycles. The zero-order valence-electron chi connectivity index (χ0n) is 17.6. The van der Waals surface area contributed by atoms with Crippen LogP contribution >= 0.6 is 0 Å². The second-order valence-electron chi connectivity index (χ2n) is 8.51. The molecule has 2 amide bonds. The van der Waals surface area contributed by atoms with Crippen molar-refractivity contribution in [1.29, 1.82) is 5.26 Å². The Kier molecular flexibility index (Phi) is 7.36. The van der Waals surface area contributed by atoms with Gasteiger partial charge in [0.1, 0.15) is 5.54 Å². The minimum absolute atomic E-state index is 0.302. The number of nitrogens with one attached hydrogen (secondary N) is 1. The molecule has 3 fully saturated rings. The van der Waals surface area contributed by atoms with E-state index in [4.69, 9.17) is 9.47 Å². The minimum Gasteiger partial charge on any atom is -0.433 e. The molecule has 0 aromatic heterocycles. The number of rotatable bonds is 5. The maximum atomic E-state index is 13.4. The molecule has 0 spiro atoms. The topological polar surface area (TPSA) is 94.9 Å². The van der Waals surface area contributed by atoms with Crippen LogP contribution in [0.15, 0.2) is 0 Å². The Morgan fingerprint density at radius 1 is 1.07 bits per heavy atom. The summed E-state index contributed by atoms with van der Waals surface area (Å²) in [5, 5.41) is 12.9. The van der Waals surface area contributed by atoms with E-state index in [1.165, 1.54) is 0 Å². The van der Waals surface area contributed by atoms with Gasteiger partial charge >= 0.3 is 6.09 Å². The quantitative estimate of drug-likeness (QED) is 0.751. The fourth-order valence-corrected chi connectivity index (χ4v) is 4.55. The first-order chi connectivity index (χ1) is 14.0. The fourth-order valence-electron chi connectivity index (χ4n) is 4.55. The summed E-state index contributed by atoms with van der Waals surface area (Å²) in [4.78, 5) is 30.0. The number of amides is 2. The SMILES string of the molecule is CCCN1CCC(C#N)(NC(=O)C2(OC(=O)N3CCOCC3)CCCCC2)CC1. The summed E-state index contributed by atoms with van der Waals surface area (Å²) in [5.74, 6) is -0.302. The Balaban J connectivity index is 1.68. The third-order valence-electron chi connectivity index (χ3n) is 6.44. The highest BCUT2D eigenvalue weighted by Crippen LogP contribution is 2.34. The van der Waals surface area contributed by atoms with Crippen molar-refractivity contribution in [2.75, 3.05) is 45.9 Å². The lowest BCUT2D eigenvalue weighted by Gasteiger charge is -2.42. The standard InChI is InChI=1S/C21H34N4O4/c1-2-10-24-11-8-20(17-22,9-12-24)23-18(26)21(6-4-3-5-7-21)29-19(27)25-13-15-28-16-14-25/h2-16H2,1H3,(H,23,26). The number of carbonyl (C=O) groups excluding carboxylic acids is 2. The maximum absolute atomic E-state index is 13.4. The van der Waals surface area contributed by atoms with Crippen molar-refractivity contribution in [1.82, 2.24) is 15.1 Å². The highest BCUT2D eigenvalue weighted by molar-refractivity contribution is 5.88. The summed E-state index contributed by atoms with van der Waals surface area (Å²) in [6.45, 7) is 6.67. The minimum atomic E-state index is -1.17. The Morgan fingerprint density at radius 3 is 2.31 bits per heavy atom. The van der Waals surface area contributed by atoms with Crippen molar-refractivity contribution < 1.29 is 19.1 Å². The van der Waals surface area contributed by atoms with Crippen LogP contribution in [0.4, 0.5) is 4.79 Å². The van der Waals surface area contributed by atoms with Crippen LogP contribution in [0.1, 0.15) is 58.3 Å². The number of nitriles is 1. The molecule has 0 unspecified atom stereocenters. The van der Waals surface area contributed by atoms with Crippen molar-refractivity contribution in [3.8, 4) is 6.07 Å². The lowest BCUT2D eigenvalue weighted by molar-refractivity contribution is -0.147. The zero-order valence-corrected chi connectivity index (χ0v) is 17.6. The smallest absolute Gasteiger partial charge is 0.410 e. The first kappa shape index (κ1) is 21.8. The molecule has 3 rings (SSSR count). The van der Waals surface area contributed by atoms with Gasteiger partial charge in [0.2, 0.25) is 0 Å². The number of carbonyl (C=O) groups is 2.